The molecule has 2 aromatic carbocycles. The molecule has 124 valence electrons. The average molecular weight is 331 g/mol. The monoisotopic (exact) mass is 331 g/mol. The summed E-state index contributed by atoms with van der Waals surface area (Å²) in [5.41, 5.74) is 4.17. The summed E-state index contributed by atoms with van der Waals surface area (Å²) in [5.74, 6) is 0.527. The first-order valence-corrected chi connectivity index (χ1v) is 8.24. The first-order chi connectivity index (χ1) is 12.2. The van der Waals surface area contributed by atoms with Gasteiger partial charge >= 0.3 is 0 Å². The van der Waals surface area contributed by atoms with Crippen molar-refractivity contribution >= 4 is 11.5 Å². The molecule has 0 aliphatic rings. The van der Waals surface area contributed by atoms with Gasteiger partial charge in [-0.05, 0) is 36.2 Å². The Bertz CT molecular complexity index is 1020. The summed E-state index contributed by atoms with van der Waals surface area (Å²) in [6.07, 6.45) is 1.95. The van der Waals surface area contributed by atoms with E-state index in [4.69, 9.17) is 4.98 Å². The third-order valence-electron chi connectivity index (χ3n) is 4.28. The molecule has 0 bridgehead atoms. The Kier molecular flexibility index (Phi) is 3.94. The van der Waals surface area contributed by atoms with E-state index in [1.807, 2.05) is 53.9 Å². The van der Waals surface area contributed by atoms with Gasteiger partial charge in [0.15, 0.2) is 0 Å². The molecule has 0 amide bonds. The highest BCUT2D eigenvalue weighted by atomic mass is 19.1. The van der Waals surface area contributed by atoms with Gasteiger partial charge in [0.25, 0.3) is 0 Å². The normalized spacial score (nSPS) is 11.0. The second kappa shape index (κ2) is 6.40. The summed E-state index contributed by atoms with van der Waals surface area (Å²) >= 11 is 0. The number of nitrogens with one attached hydrogen (secondary N) is 1. The number of imidazole rings is 1. The SMILES string of the molecule is Cc1cccn2c(NCc3ccccc3)c(-c3ccccc3F)nc12. The largest absolute Gasteiger partial charge is 0.365 e. The Morgan fingerprint density at radius 2 is 1.72 bits per heavy atom. The van der Waals surface area contributed by atoms with Crippen molar-refractivity contribution in [1.82, 2.24) is 9.38 Å². The highest BCUT2D eigenvalue weighted by molar-refractivity contribution is 5.77. The van der Waals surface area contributed by atoms with Crippen LogP contribution in [0.25, 0.3) is 16.9 Å². The molecule has 0 aliphatic heterocycles. The average Bonchev–Trinajstić information content (AvgIpc) is 3.01. The molecule has 0 aliphatic carbocycles. The fourth-order valence-electron chi connectivity index (χ4n) is 3.00. The van der Waals surface area contributed by atoms with Crippen LogP contribution >= 0.6 is 0 Å². The fourth-order valence-corrected chi connectivity index (χ4v) is 3.00. The van der Waals surface area contributed by atoms with Crippen LogP contribution in [-0.4, -0.2) is 9.38 Å². The lowest BCUT2D eigenvalue weighted by atomic mass is 10.1. The molecule has 0 spiro atoms. The van der Waals surface area contributed by atoms with Crippen LogP contribution in [0.5, 0.6) is 0 Å². The molecule has 0 unspecified atom stereocenters. The number of fused-ring (bicyclic) bond motifs is 1. The van der Waals surface area contributed by atoms with Gasteiger partial charge in [0, 0.05) is 18.3 Å². The zero-order valence-electron chi connectivity index (χ0n) is 13.9. The maximum atomic E-state index is 14.4. The lowest BCUT2D eigenvalue weighted by Gasteiger charge is -2.09. The van der Waals surface area contributed by atoms with Gasteiger partial charge < -0.3 is 5.32 Å². The summed E-state index contributed by atoms with van der Waals surface area (Å²) in [5, 5.41) is 3.44. The van der Waals surface area contributed by atoms with Crippen LogP contribution in [0.4, 0.5) is 10.2 Å². The van der Waals surface area contributed by atoms with E-state index in [0.29, 0.717) is 17.8 Å². The summed E-state index contributed by atoms with van der Waals surface area (Å²) in [7, 11) is 0. The lowest BCUT2D eigenvalue weighted by Crippen LogP contribution is -2.03. The molecule has 4 rings (SSSR count). The van der Waals surface area contributed by atoms with Crippen LogP contribution in [0, 0.1) is 12.7 Å². The van der Waals surface area contributed by atoms with Crippen LogP contribution in [0.2, 0.25) is 0 Å². The van der Waals surface area contributed by atoms with Crippen molar-refractivity contribution in [3.63, 3.8) is 0 Å². The molecule has 1 N–H and O–H groups in total. The third-order valence-corrected chi connectivity index (χ3v) is 4.28. The Morgan fingerprint density at radius 1 is 0.960 bits per heavy atom. The van der Waals surface area contributed by atoms with Gasteiger partial charge in [-0.1, -0.05) is 48.5 Å². The van der Waals surface area contributed by atoms with E-state index >= 15 is 0 Å². The minimum atomic E-state index is -0.272. The molecule has 4 heteroatoms. The Morgan fingerprint density at radius 3 is 2.52 bits per heavy atom. The molecule has 2 heterocycles. The van der Waals surface area contributed by atoms with Crippen LogP contribution in [-0.2, 0) is 6.54 Å². The highest BCUT2D eigenvalue weighted by Crippen LogP contribution is 2.31. The Labute approximate surface area is 145 Å². The van der Waals surface area contributed by atoms with Crippen molar-refractivity contribution in [2.24, 2.45) is 0 Å². The highest BCUT2D eigenvalue weighted by Gasteiger charge is 2.17. The number of halogens is 1. The van der Waals surface area contributed by atoms with Gasteiger partial charge in [-0.25, -0.2) is 9.37 Å². The molecule has 3 nitrogen and oxygen atoms in total. The molecule has 0 atom stereocenters. The number of aryl methyl sites for hydroxylation is 1. The summed E-state index contributed by atoms with van der Waals surface area (Å²) < 4.78 is 16.4. The summed E-state index contributed by atoms with van der Waals surface area (Å²) in [4.78, 5) is 4.72. The van der Waals surface area contributed by atoms with E-state index in [0.717, 1.165) is 22.6 Å². The van der Waals surface area contributed by atoms with Gasteiger partial charge in [-0.2, -0.15) is 0 Å². The van der Waals surface area contributed by atoms with E-state index in [2.05, 4.69) is 17.4 Å². The van der Waals surface area contributed by atoms with Crippen molar-refractivity contribution < 1.29 is 4.39 Å². The van der Waals surface area contributed by atoms with E-state index in [1.165, 1.54) is 6.07 Å². The predicted octanol–water partition coefficient (Wildman–Crippen LogP) is 5.06. The van der Waals surface area contributed by atoms with Crippen LogP contribution in [0.15, 0.2) is 72.9 Å². The zero-order valence-corrected chi connectivity index (χ0v) is 13.9. The van der Waals surface area contributed by atoms with Gasteiger partial charge in [-0.15, -0.1) is 0 Å². The van der Waals surface area contributed by atoms with Crippen molar-refractivity contribution in [3.05, 3.63) is 89.9 Å². The van der Waals surface area contributed by atoms with E-state index in [9.17, 15) is 4.39 Å². The molecule has 2 aromatic heterocycles. The predicted molar refractivity (Wildman–Crippen MR) is 99.1 cm³/mol. The molecule has 0 saturated carbocycles. The second-order valence-corrected chi connectivity index (χ2v) is 6.01. The second-order valence-electron chi connectivity index (χ2n) is 6.01. The molecule has 25 heavy (non-hydrogen) atoms. The number of benzene rings is 2. The van der Waals surface area contributed by atoms with Crippen molar-refractivity contribution in [2.45, 2.75) is 13.5 Å². The van der Waals surface area contributed by atoms with Crippen LogP contribution in [0.3, 0.4) is 0 Å². The van der Waals surface area contributed by atoms with Crippen molar-refractivity contribution in [1.29, 1.82) is 0 Å². The first kappa shape index (κ1) is 15.4. The summed E-state index contributed by atoms with van der Waals surface area (Å²) in [6.45, 7) is 2.65. The number of anilines is 1. The molecular formula is C21H18FN3. The number of nitrogens with zero attached hydrogens (tertiary/aromatic N) is 2. The molecule has 0 saturated heterocycles. The molecular weight excluding hydrogens is 313 g/mol. The van der Waals surface area contributed by atoms with Crippen molar-refractivity contribution in [2.75, 3.05) is 5.32 Å². The lowest BCUT2D eigenvalue weighted by molar-refractivity contribution is 0.631. The van der Waals surface area contributed by atoms with Crippen LogP contribution in [0.1, 0.15) is 11.1 Å². The number of hydrogen-bond donors (Lipinski definition) is 1. The maximum absolute atomic E-state index is 14.4. The smallest absolute Gasteiger partial charge is 0.142 e. The number of pyridine rings is 1. The van der Waals surface area contributed by atoms with E-state index in [-0.39, 0.29) is 5.82 Å². The number of aromatic nitrogens is 2. The maximum Gasteiger partial charge on any atom is 0.142 e. The number of hydrogen-bond acceptors (Lipinski definition) is 2. The van der Waals surface area contributed by atoms with Gasteiger partial charge in [0.2, 0.25) is 0 Å². The minimum Gasteiger partial charge on any atom is -0.365 e. The summed E-state index contributed by atoms with van der Waals surface area (Å²) in [6, 6.07) is 20.9. The van der Waals surface area contributed by atoms with Crippen molar-refractivity contribution in [3.8, 4) is 11.3 Å². The Balaban J connectivity index is 1.84. The van der Waals surface area contributed by atoms with Gasteiger partial charge in [-0.3, -0.25) is 4.40 Å². The van der Waals surface area contributed by atoms with Gasteiger partial charge in [0.1, 0.15) is 23.0 Å². The molecule has 0 radical (unpaired) electrons. The quantitative estimate of drug-likeness (QED) is 0.566. The third kappa shape index (κ3) is 2.87. The topological polar surface area (TPSA) is 29.3 Å². The van der Waals surface area contributed by atoms with Gasteiger partial charge in [0.05, 0.1) is 0 Å². The first-order valence-electron chi connectivity index (χ1n) is 8.24. The van der Waals surface area contributed by atoms with E-state index < -0.39 is 0 Å². The standard InChI is InChI=1S/C21H18FN3/c1-15-8-7-13-25-20(15)24-19(17-11-5-6-12-18(17)22)21(25)23-14-16-9-3-2-4-10-16/h2-13,23H,14H2,1H3. The molecule has 4 aromatic rings. The van der Waals surface area contributed by atoms with E-state index in [1.54, 1.807) is 12.1 Å². The molecule has 0 fully saturated rings. The zero-order chi connectivity index (χ0) is 17.2. The minimum absolute atomic E-state index is 0.272. The number of rotatable bonds is 4. The Hall–Kier alpha value is -3.14. The fraction of sp³-hybridized carbons (Fsp3) is 0.0952. The van der Waals surface area contributed by atoms with Crippen LogP contribution < -0.4 is 5.32 Å².